The zero-order valence-electron chi connectivity index (χ0n) is 10.4. The van der Waals surface area contributed by atoms with Gasteiger partial charge in [-0.15, -0.1) is 0 Å². The van der Waals surface area contributed by atoms with Gasteiger partial charge in [-0.2, -0.15) is 0 Å². The van der Waals surface area contributed by atoms with Crippen molar-refractivity contribution in [2.75, 3.05) is 60.2 Å². The molecule has 0 aliphatic carbocycles. The first kappa shape index (κ1) is 13.4. The molecule has 0 aromatic carbocycles. The van der Waals surface area contributed by atoms with Gasteiger partial charge >= 0.3 is 0 Å². The Balaban J connectivity index is 2.06. The Kier molecular flexibility index (Phi) is 6.37. The minimum Gasteiger partial charge on any atom is -0.382 e. The van der Waals surface area contributed by atoms with Crippen LogP contribution in [-0.4, -0.2) is 75.8 Å². The van der Waals surface area contributed by atoms with Gasteiger partial charge in [0, 0.05) is 39.7 Å². The Labute approximate surface area is 97.8 Å². The summed E-state index contributed by atoms with van der Waals surface area (Å²) >= 11 is 0. The quantitative estimate of drug-likeness (QED) is 0.403. The van der Waals surface area contributed by atoms with Crippen LogP contribution in [0.4, 0.5) is 0 Å². The zero-order chi connectivity index (χ0) is 11.8. The Morgan fingerprint density at radius 2 is 1.81 bits per heavy atom. The number of hydrogen-bond donors (Lipinski definition) is 1. The molecule has 0 unspecified atom stereocenters. The van der Waals surface area contributed by atoms with Crippen molar-refractivity contribution >= 4 is 5.84 Å². The van der Waals surface area contributed by atoms with Gasteiger partial charge in [0.15, 0.2) is 0 Å². The van der Waals surface area contributed by atoms with Crippen molar-refractivity contribution in [1.29, 1.82) is 5.41 Å². The third-order valence-electron chi connectivity index (χ3n) is 2.80. The van der Waals surface area contributed by atoms with Gasteiger partial charge in [-0.3, -0.25) is 5.41 Å². The van der Waals surface area contributed by atoms with E-state index in [1.165, 1.54) is 0 Å². The summed E-state index contributed by atoms with van der Waals surface area (Å²) < 4.78 is 10.2. The van der Waals surface area contributed by atoms with Gasteiger partial charge in [0.25, 0.3) is 0 Å². The largest absolute Gasteiger partial charge is 0.382 e. The van der Waals surface area contributed by atoms with E-state index in [4.69, 9.17) is 14.9 Å². The summed E-state index contributed by atoms with van der Waals surface area (Å²) in [7, 11) is 3.78. The van der Waals surface area contributed by atoms with Crippen molar-refractivity contribution in [3.63, 3.8) is 0 Å². The van der Waals surface area contributed by atoms with Crippen LogP contribution in [0.15, 0.2) is 0 Å². The molecule has 5 heteroatoms. The molecule has 16 heavy (non-hydrogen) atoms. The SMILES string of the molecule is COCCOCCC(=N)N1CCN(C)CC1. The Hall–Kier alpha value is -0.650. The van der Waals surface area contributed by atoms with Crippen molar-refractivity contribution in [2.45, 2.75) is 6.42 Å². The normalized spacial score (nSPS) is 17.8. The summed E-state index contributed by atoms with van der Waals surface area (Å²) in [6.07, 6.45) is 0.702. The van der Waals surface area contributed by atoms with Crippen molar-refractivity contribution in [3.05, 3.63) is 0 Å². The molecule has 0 radical (unpaired) electrons. The number of likely N-dealkylation sites (N-methyl/N-ethyl adjacent to an activating group) is 1. The van der Waals surface area contributed by atoms with Crippen LogP contribution in [0, 0.1) is 5.41 Å². The van der Waals surface area contributed by atoms with Crippen LogP contribution in [0.5, 0.6) is 0 Å². The molecule has 1 aliphatic heterocycles. The molecule has 0 atom stereocenters. The lowest BCUT2D eigenvalue weighted by Crippen LogP contribution is -2.47. The maximum absolute atomic E-state index is 7.93. The van der Waals surface area contributed by atoms with Crippen LogP contribution in [0.25, 0.3) is 0 Å². The molecule has 0 spiro atoms. The van der Waals surface area contributed by atoms with E-state index in [0.717, 1.165) is 26.2 Å². The highest BCUT2D eigenvalue weighted by Crippen LogP contribution is 2.02. The second-order valence-corrected chi connectivity index (χ2v) is 4.09. The Morgan fingerprint density at radius 3 is 2.44 bits per heavy atom. The van der Waals surface area contributed by atoms with E-state index in [2.05, 4.69) is 16.8 Å². The summed E-state index contributed by atoms with van der Waals surface area (Å²) in [6, 6.07) is 0. The average Bonchev–Trinajstić information content (AvgIpc) is 2.29. The maximum Gasteiger partial charge on any atom is 0.0981 e. The van der Waals surface area contributed by atoms with E-state index in [1.807, 2.05) is 0 Å². The number of ether oxygens (including phenoxy) is 2. The van der Waals surface area contributed by atoms with E-state index in [-0.39, 0.29) is 0 Å². The second kappa shape index (κ2) is 7.60. The van der Waals surface area contributed by atoms with E-state index < -0.39 is 0 Å². The molecule has 0 amide bonds. The summed E-state index contributed by atoms with van der Waals surface area (Å²) in [4.78, 5) is 4.43. The number of piperazine rings is 1. The van der Waals surface area contributed by atoms with Crippen LogP contribution >= 0.6 is 0 Å². The molecule has 5 nitrogen and oxygen atoms in total. The number of nitrogens with zero attached hydrogens (tertiary/aromatic N) is 2. The molecule has 0 saturated carbocycles. The van der Waals surface area contributed by atoms with Crippen LogP contribution < -0.4 is 0 Å². The fourth-order valence-electron chi connectivity index (χ4n) is 1.65. The van der Waals surface area contributed by atoms with Crippen molar-refractivity contribution in [1.82, 2.24) is 9.80 Å². The fourth-order valence-corrected chi connectivity index (χ4v) is 1.65. The fraction of sp³-hybridized carbons (Fsp3) is 0.909. The number of hydrogen-bond acceptors (Lipinski definition) is 4. The second-order valence-electron chi connectivity index (χ2n) is 4.09. The third-order valence-corrected chi connectivity index (χ3v) is 2.80. The molecular formula is C11H23N3O2. The molecule has 1 rings (SSSR count). The lowest BCUT2D eigenvalue weighted by molar-refractivity contribution is 0.0729. The van der Waals surface area contributed by atoms with Crippen molar-refractivity contribution < 1.29 is 9.47 Å². The minimum atomic E-state index is 0.618. The molecular weight excluding hydrogens is 206 g/mol. The van der Waals surface area contributed by atoms with Crippen LogP contribution in [-0.2, 0) is 9.47 Å². The van der Waals surface area contributed by atoms with Gasteiger partial charge in [0.2, 0.25) is 0 Å². The summed E-state index contributed by atoms with van der Waals surface area (Å²) in [6.45, 7) is 5.89. The first-order valence-electron chi connectivity index (χ1n) is 5.81. The standard InChI is InChI=1S/C11H23N3O2/c1-13-4-6-14(7-5-13)11(12)3-8-16-10-9-15-2/h12H,3-10H2,1-2H3. The monoisotopic (exact) mass is 229 g/mol. The smallest absolute Gasteiger partial charge is 0.0981 e. The Bertz CT molecular complexity index is 203. The molecule has 1 fully saturated rings. The molecule has 1 aliphatic rings. The van der Waals surface area contributed by atoms with Gasteiger partial charge in [-0.05, 0) is 7.05 Å². The van der Waals surface area contributed by atoms with E-state index in [1.54, 1.807) is 7.11 Å². The Morgan fingerprint density at radius 1 is 1.12 bits per heavy atom. The highest BCUT2D eigenvalue weighted by Gasteiger charge is 2.15. The van der Waals surface area contributed by atoms with Gasteiger partial charge in [-0.1, -0.05) is 0 Å². The number of rotatable bonds is 6. The minimum absolute atomic E-state index is 0.618. The molecule has 0 bridgehead atoms. The van der Waals surface area contributed by atoms with E-state index >= 15 is 0 Å². The molecule has 1 N–H and O–H groups in total. The van der Waals surface area contributed by atoms with Gasteiger partial charge in [0.1, 0.15) is 0 Å². The van der Waals surface area contributed by atoms with E-state index in [9.17, 15) is 0 Å². The summed E-state index contributed by atoms with van der Waals surface area (Å²) in [5, 5.41) is 7.93. The van der Waals surface area contributed by atoms with Crippen molar-refractivity contribution in [2.24, 2.45) is 0 Å². The lowest BCUT2D eigenvalue weighted by Gasteiger charge is -2.34. The van der Waals surface area contributed by atoms with E-state index in [0.29, 0.717) is 32.1 Å². The van der Waals surface area contributed by atoms with Crippen LogP contribution in [0.1, 0.15) is 6.42 Å². The molecule has 0 aromatic heterocycles. The summed E-state index contributed by atoms with van der Waals surface area (Å²) in [5.41, 5.74) is 0. The molecule has 0 aromatic rings. The van der Waals surface area contributed by atoms with Crippen LogP contribution in [0.3, 0.4) is 0 Å². The summed E-state index contributed by atoms with van der Waals surface area (Å²) in [5.74, 6) is 0.700. The number of methoxy groups -OCH3 is 1. The molecule has 1 saturated heterocycles. The van der Waals surface area contributed by atoms with Gasteiger partial charge in [-0.25, -0.2) is 0 Å². The zero-order valence-corrected chi connectivity index (χ0v) is 10.4. The maximum atomic E-state index is 7.93. The topological polar surface area (TPSA) is 48.8 Å². The molecule has 1 heterocycles. The van der Waals surface area contributed by atoms with Gasteiger partial charge < -0.3 is 19.3 Å². The highest BCUT2D eigenvalue weighted by molar-refractivity contribution is 5.79. The van der Waals surface area contributed by atoms with Crippen LogP contribution in [0.2, 0.25) is 0 Å². The first-order chi connectivity index (χ1) is 7.74. The first-order valence-corrected chi connectivity index (χ1v) is 5.81. The van der Waals surface area contributed by atoms with Gasteiger partial charge in [0.05, 0.1) is 25.7 Å². The third kappa shape index (κ3) is 4.92. The highest BCUT2D eigenvalue weighted by atomic mass is 16.5. The predicted octanol–water partition coefficient (Wildman–Crippen LogP) is 0.264. The average molecular weight is 229 g/mol. The number of nitrogens with one attached hydrogen (secondary N) is 1. The molecule has 94 valence electrons. The van der Waals surface area contributed by atoms with Crippen molar-refractivity contribution in [3.8, 4) is 0 Å². The number of amidine groups is 1. The predicted molar refractivity (Wildman–Crippen MR) is 64.1 cm³/mol. The lowest BCUT2D eigenvalue weighted by atomic mass is 10.3.